The summed E-state index contributed by atoms with van der Waals surface area (Å²) in [7, 11) is 0. The van der Waals surface area contributed by atoms with Gasteiger partial charge in [-0.15, -0.1) is 28.0 Å². The van der Waals surface area contributed by atoms with Crippen LogP contribution in [0.3, 0.4) is 0 Å². The molecule has 1 aliphatic rings. The first-order valence-corrected chi connectivity index (χ1v) is 13.6. The number of hydrogen-bond acceptors (Lipinski definition) is 6. The van der Waals surface area contributed by atoms with Crippen LogP contribution >= 0.6 is 22.9 Å². The molecule has 0 saturated carbocycles. The molecule has 0 amide bonds. The van der Waals surface area contributed by atoms with Crippen LogP contribution in [0.5, 0.6) is 0 Å². The van der Waals surface area contributed by atoms with Crippen molar-refractivity contribution in [2.45, 2.75) is 33.2 Å². The Morgan fingerprint density at radius 1 is 0.930 bits per heavy atom. The zero-order chi connectivity index (χ0) is 30.6. The molecule has 1 atom stereocenters. The Morgan fingerprint density at radius 2 is 1.51 bits per heavy atom. The lowest BCUT2D eigenvalue weighted by Gasteiger charge is -2.11. The number of fused-ring (bicyclic) bond motifs is 3. The van der Waals surface area contributed by atoms with Crippen molar-refractivity contribution in [1.29, 1.82) is 0 Å². The molecule has 238 valence electrons. The minimum atomic E-state index is -0.666. The van der Waals surface area contributed by atoms with Gasteiger partial charge in [-0.1, -0.05) is 23.7 Å². The van der Waals surface area contributed by atoms with Gasteiger partial charge >= 0.3 is 5.97 Å². The maximum atomic E-state index is 12.8. The maximum Gasteiger partial charge on any atom is 0.322 e. The van der Waals surface area contributed by atoms with E-state index in [2.05, 4.69) is 113 Å². The van der Waals surface area contributed by atoms with Gasteiger partial charge in [-0.3, -0.25) is 14.4 Å². The molecule has 3 aromatic rings. The Morgan fingerprint density at radius 3 is 2.12 bits per heavy atom. The Bertz CT molecular complexity index is 2200. The fourth-order valence-electron chi connectivity index (χ4n) is 3.82. The quantitative estimate of drug-likeness (QED) is 0.215. The molecule has 0 aliphatic carbocycles. The van der Waals surface area contributed by atoms with Crippen molar-refractivity contribution in [1.82, 2.24) is 14.8 Å². The predicted octanol–water partition coefficient (Wildman–Crippen LogP) is 8.78. The van der Waals surface area contributed by atoms with E-state index >= 15 is 0 Å². The highest BCUT2D eigenvalue weighted by atomic mass is 35.5. The normalized spacial score (nSPS) is 11.4. The first-order valence-electron chi connectivity index (χ1n) is 12.4. The van der Waals surface area contributed by atoms with Crippen LogP contribution in [0.4, 0.5) is 0 Å². The third-order valence-corrected chi connectivity index (χ3v) is 7.20. The zero-order valence-corrected chi connectivity index (χ0v) is 24.6. The van der Waals surface area contributed by atoms with E-state index in [-0.39, 0.29) is 32.1 Å². The van der Waals surface area contributed by atoms with Gasteiger partial charge < -0.3 is 4.74 Å². The fraction of sp³-hybridized carbons (Fsp3) is 0.143. The number of aryl methyl sites for hydroxylation is 2. The van der Waals surface area contributed by atoms with Crippen LogP contribution in [0.15, 0.2) is 29.3 Å². The number of aliphatic imine (C=N–C) groups is 1. The highest BCUT2D eigenvalue weighted by Gasteiger charge is 2.32. The van der Waals surface area contributed by atoms with E-state index < -0.39 is 12.0 Å². The van der Waals surface area contributed by atoms with Crippen molar-refractivity contribution in [3.63, 3.8) is 0 Å². The largest absolute Gasteiger partial charge is 0.371 e. The summed E-state index contributed by atoms with van der Waals surface area (Å²) in [6.07, 6.45) is 7.15. The first-order chi connectivity index (χ1) is 20.9. The number of carbonyl (C=O) groups is 1. The number of carbonyl (C=O) groups excluding carboxylic acids is 1. The molecule has 1 aliphatic heterocycles. The van der Waals surface area contributed by atoms with Crippen molar-refractivity contribution < 1.29 is 35.2 Å². The highest BCUT2D eigenvalue weighted by Crippen LogP contribution is 2.39. The van der Waals surface area contributed by atoms with E-state index in [1.54, 1.807) is 11.3 Å². The molecule has 8 heteroatoms. The standard InChI is InChI=1S/C35H17ClN4O2S.18H2/c1-5-6-7-8-9-10-11-12-13-14-15-16-17-18-23-42-31(41)24-30-34-39-38-27(4)40(34)35-32(25(2)26(3)43-35)33(37-30)28-19-21-29(36)22-20-28;;;;;;;;;;;;;;;;;;/h1,19-22,30H,24H2,2-4H3;18*1H/t30-;;;;;;;;;;;;;;;;;;/m0................../s1. The monoisotopic (exact) mass is 628 g/mol. The number of benzene rings is 1. The maximum absolute atomic E-state index is 12.8. The van der Waals surface area contributed by atoms with E-state index in [4.69, 9.17) is 27.8 Å². The average Bonchev–Trinajstić information content (AvgIpc) is 3.47. The summed E-state index contributed by atoms with van der Waals surface area (Å²) in [5.74, 6) is 34.8. The van der Waals surface area contributed by atoms with Crippen LogP contribution in [0.1, 0.15) is 71.4 Å². The molecule has 43 heavy (non-hydrogen) atoms. The summed E-state index contributed by atoms with van der Waals surface area (Å²) in [5, 5.41) is 10.2. The molecule has 4 rings (SSSR count). The molecule has 3 heterocycles. The van der Waals surface area contributed by atoms with Gasteiger partial charge in [0, 0.05) is 88.1 Å². The molecule has 0 saturated heterocycles. The third-order valence-electron chi connectivity index (χ3n) is 5.76. The highest BCUT2D eigenvalue weighted by molar-refractivity contribution is 7.15. The van der Waals surface area contributed by atoms with Crippen molar-refractivity contribution in [3.8, 4) is 100 Å². The lowest BCUT2D eigenvalue weighted by molar-refractivity contribution is -0.137. The first kappa shape index (κ1) is 29.9. The Hall–Kier alpha value is -6.03. The Labute approximate surface area is 286 Å². The molecular formula is C35H53ClN4O2S. The van der Waals surface area contributed by atoms with Crippen molar-refractivity contribution in [2.24, 2.45) is 4.99 Å². The van der Waals surface area contributed by atoms with Crippen molar-refractivity contribution in [2.75, 3.05) is 0 Å². The van der Waals surface area contributed by atoms with Crippen molar-refractivity contribution in [3.05, 3.63) is 62.5 Å². The molecule has 6 nitrogen and oxygen atoms in total. The molecule has 0 N–H and O–H groups in total. The number of terminal acetylenes is 1. The number of hydrogen-bond donors (Lipinski definition) is 0. The molecular weight excluding hydrogens is 576 g/mol. The second-order valence-corrected chi connectivity index (χ2v) is 10.1. The van der Waals surface area contributed by atoms with Crippen LogP contribution in [-0.4, -0.2) is 26.4 Å². The number of aromatic nitrogens is 3. The third kappa shape index (κ3) is 7.59. The number of ether oxygens (including phenoxy) is 1. The molecule has 2 aromatic heterocycles. The van der Waals surface area contributed by atoms with Gasteiger partial charge in [-0.05, 0) is 79.9 Å². The van der Waals surface area contributed by atoms with E-state index in [9.17, 15) is 4.79 Å². The van der Waals surface area contributed by atoms with Crippen LogP contribution in [0.25, 0.3) is 5.00 Å². The second-order valence-electron chi connectivity index (χ2n) is 8.45. The summed E-state index contributed by atoms with van der Waals surface area (Å²) < 4.78 is 7.06. The summed E-state index contributed by atoms with van der Waals surface area (Å²) in [4.78, 5) is 19.0. The average molecular weight is 629 g/mol. The van der Waals surface area contributed by atoms with Crippen LogP contribution in [0.2, 0.25) is 5.02 Å². The van der Waals surface area contributed by atoms with Gasteiger partial charge in [0.1, 0.15) is 23.0 Å². The molecule has 1 aromatic carbocycles. The smallest absolute Gasteiger partial charge is 0.322 e. The molecule has 0 bridgehead atoms. The zero-order valence-electron chi connectivity index (χ0n) is 23.1. The molecule has 0 spiro atoms. The molecule has 0 fully saturated rings. The summed E-state index contributed by atoms with van der Waals surface area (Å²) >= 11 is 7.78. The van der Waals surface area contributed by atoms with Gasteiger partial charge in [-0.2, -0.15) is 0 Å². The van der Waals surface area contributed by atoms with Gasteiger partial charge in [0.2, 0.25) is 0 Å². The van der Waals surface area contributed by atoms with Gasteiger partial charge in [0.15, 0.2) is 5.82 Å². The van der Waals surface area contributed by atoms with E-state index in [0.717, 1.165) is 32.3 Å². The lowest BCUT2D eigenvalue weighted by atomic mass is 9.99. The molecule has 0 unspecified atom stereocenters. The van der Waals surface area contributed by atoms with Gasteiger partial charge in [0.05, 0.1) is 12.1 Å². The summed E-state index contributed by atoms with van der Waals surface area (Å²) in [6, 6.07) is 6.77. The Balaban J connectivity index is -0.0000000904. The van der Waals surface area contributed by atoms with Crippen molar-refractivity contribution >= 4 is 34.6 Å². The number of esters is 1. The minimum absolute atomic E-state index is 0. The fourth-order valence-corrected chi connectivity index (χ4v) is 5.16. The van der Waals surface area contributed by atoms with E-state index in [1.807, 2.05) is 35.8 Å². The topological polar surface area (TPSA) is 69.4 Å². The number of halogens is 1. The van der Waals surface area contributed by atoms with Crippen LogP contribution in [-0.2, 0) is 9.53 Å². The summed E-state index contributed by atoms with van der Waals surface area (Å²) in [5.41, 5.74) is 3.67. The SMILES string of the molecule is C#CC#CC#CC#CC#CC#CC#CC#COC(=O)C[C@@H]1N=C(c2ccc(Cl)cc2)c2c(sc(C)c2C)-n2c(C)nnc21.[HH].[HH].[HH].[HH].[HH].[HH].[HH].[HH].[HH].[HH].[HH].[HH].[HH].[HH].[HH].[HH].[HH].[HH]. The lowest BCUT2D eigenvalue weighted by Crippen LogP contribution is -2.12. The van der Waals surface area contributed by atoms with Crippen LogP contribution in [0, 0.1) is 116 Å². The number of nitrogens with zero attached hydrogens (tertiary/aromatic N) is 4. The predicted molar refractivity (Wildman–Crippen MR) is 205 cm³/mol. The molecule has 0 radical (unpaired) electrons. The van der Waals surface area contributed by atoms with Crippen LogP contribution < -0.4 is 0 Å². The van der Waals surface area contributed by atoms with E-state index in [0.29, 0.717) is 16.7 Å². The second kappa shape index (κ2) is 14.6. The Kier molecular flexibility index (Phi) is 10.1. The minimum Gasteiger partial charge on any atom is -0.371 e. The number of rotatable bonds is 3. The van der Waals surface area contributed by atoms with Gasteiger partial charge in [0.25, 0.3) is 0 Å². The number of thiophene rings is 1. The van der Waals surface area contributed by atoms with E-state index in [1.165, 1.54) is 0 Å². The van der Waals surface area contributed by atoms with Gasteiger partial charge in [-0.25, -0.2) is 0 Å². The summed E-state index contributed by atoms with van der Waals surface area (Å²) in [6.45, 7) is 5.99.